The van der Waals surface area contributed by atoms with Crippen molar-refractivity contribution in [3.8, 4) is 0 Å². The predicted octanol–water partition coefficient (Wildman–Crippen LogP) is 0.777. The minimum Gasteiger partial charge on any atom is -0.467 e. The second kappa shape index (κ2) is 5.84. The number of carbonyl (C=O) groups is 1. The van der Waals surface area contributed by atoms with Gasteiger partial charge in [0.05, 0.1) is 13.2 Å². The fourth-order valence-electron chi connectivity index (χ4n) is 1.28. The third-order valence-electron chi connectivity index (χ3n) is 2.19. The molecule has 1 aromatic carbocycles. The zero-order valence-corrected chi connectivity index (χ0v) is 9.52. The van der Waals surface area contributed by atoms with E-state index in [0.29, 0.717) is 10.6 Å². The SMILES string of the molecule is COC(=O)C(O)C(O)Cc1ccccc1Cl. The Morgan fingerprint density at radius 1 is 1.44 bits per heavy atom. The first-order valence-corrected chi connectivity index (χ1v) is 5.11. The zero-order chi connectivity index (χ0) is 12.1. The summed E-state index contributed by atoms with van der Waals surface area (Å²) in [5.41, 5.74) is 0.666. The number of halogens is 1. The molecule has 0 radical (unpaired) electrons. The van der Waals surface area contributed by atoms with Crippen LogP contribution in [0.5, 0.6) is 0 Å². The van der Waals surface area contributed by atoms with Crippen LogP contribution in [0.2, 0.25) is 5.02 Å². The molecule has 0 aliphatic rings. The average molecular weight is 245 g/mol. The second-order valence-corrected chi connectivity index (χ2v) is 3.74. The van der Waals surface area contributed by atoms with E-state index in [1.165, 1.54) is 0 Å². The molecule has 1 aromatic rings. The third kappa shape index (κ3) is 3.20. The van der Waals surface area contributed by atoms with Crippen molar-refractivity contribution in [1.82, 2.24) is 0 Å². The highest BCUT2D eigenvalue weighted by atomic mass is 35.5. The summed E-state index contributed by atoms with van der Waals surface area (Å²) in [7, 11) is 1.15. The van der Waals surface area contributed by atoms with Crippen LogP contribution in [-0.4, -0.2) is 35.5 Å². The summed E-state index contributed by atoms with van der Waals surface area (Å²) in [6, 6.07) is 6.91. The molecule has 0 saturated carbocycles. The molecule has 0 saturated heterocycles. The van der Waals surface area contributed by atoms with Gasteiger partial charge in [-0.3, -0.25) is 0 Å². The van der Waals surface area contributed by atoms with E-state index in [1.807, 2.05) is 0 Å². The molecule has 2 unspecified atom stereocenters. The van der Waals surface area contributed by atoms with Crippen LogP contribution in [0.1, 0.15) is 5.56 Å². The van der Waals surface area contributed by atoms with Crippen molar-refractivity contribution in [3.63, 3.8) is 0 Å². The first kappa shape index (κ1) is 13.0. The van der Waals surface area contributed by atoms with Crippen LogP contribution in [0.15, 0.2) is 24.3 Å². The molecule has 0 amide bonds. The molecule has 2 N–H and O–H groups in total. The molecule has 0 aliphatic carbocycles. The van der Waals surface area contributed by atoms with Crippen LogP contribution in [0.25, 0.3) is 0 Å². The van der Waals surface area contributed by atoms with E-state index in [0.717, 1.165) is 7.11 Å². The van der Waals surface area contributed by atoms with E-state index < -0.39 is 18.2 Å². The summed E-state index contributed by atoms with van der Waals surface area (Å²) >= 11 is 5.88. The van der Waals surface area contributed by atoms with Gasteiger partial charge >= 0.3 is 5.97 Å². The van der Waals surface area contributed by atoms with Gasteiger partial charge < -0.3 is 14.9 Å². The molecule has 0 spiro atoms. The molecule has 0 aromatic heterocycles. The number of ether oxygens (including phenoxy) is 1. The fourth-order valence-corrected chi connectivity index (χ4v) is 1.49. The van der Waals surface area contributed by atoms with Gasteiger partial charge in [0.15, 0.2) is 6.10 Å². The highest BCUT2D eigenvalue weighted by Gasteiger charge is 2.25. The smallest absolute Gasteiger partial charge is 0.337 e. The minimum absolute atomic E-state index is 0.0932. The van der Waals surface area contributed by atoms with Crippen molar-refractivity contribution < 1.29 is 19.7 Å². The monoisotopic (exact) mass is 244 g/mol. The van der Waals surface area contributed by atoms with Crippen molar-refractivity contribution in [2.75, 3.05) is 7.11 Å². The molecule has 4 nitrogen and oxygen atoms in total. The first-order chi connectivity index (χ1) is 7.56. The predicted molar refractivity (Wildman–Crippen MR) is 59.2 cm³/mol. The number of aliphatic hydroxyl groups is 2. The first-order valence-electron chi connectivity index (χ1n) is 4.73. The Morgan fingerprint density at radius 3 is 2.62 bits per heavy atom. The molecule has 1 rings (SSSR count). The Labute approximate surface area is 98.4 Å². The molecule has 0 aliphatic heterocycles. The third-order valence-corrected chi connectivity index (χ3v) is 2.56. The Kier molecular flexibility index (Phi) is 4.73. The van der Waals surface area contributed by atoms with Gasteiger partial charge in [0.25, 0.3) is 0 Å². The number of carbonyl (C=O) groups excluding carboxylic acids is 1. The molecule has 16 heavy (non-hydrogen) atoms. The standard InChI is InChI=1S/C11H13ClO4/c1-16-11(15)10(14)9(13)6-7-4-2-3-5-8(7)12/h2-5,9-10,13-14H,6H2,1H3. The van der Waals surface area contributed by atoms with Crippen molar-refractivity contribution >= 4 is 17.6 Å². The summed E-state index contributed by atoms with van der Waals surface area (Å²) in [6.45, 7) is 0. The lowest BCUT2D eigenvalue weighted by molar-refractivity contribution is -0.156. The summed E-state index contributed by atoms with van der Waals surface area (Å²) in [4.78, 5) is 11.0. The highest BCUT2D eigenvalue weighted by Crippen LogP contribution is 2.17. The van der Waals surface area contributed by atoms with Crippen LogP contribution in [0, 0.1) is 0 Å². The van der Waals surface area contributed by atoms with Crippen molar-refractivity contribution in [1.29, 1.82) is 0 Å². The van der Waals surface area contributed by atoms with Crippen LogP contribution >= 0.6 is 11.6 Å². The van der Waals surface area contributed by atoms with E-state index in [9.17, 15) is 15.0 Å². The van der Waals surface area contributed by atoms with Crippen molar-refractivity contribution in [2.24, 2.45) is 0 Å². The van der Waals surface area contributed by atoms with E-state index in [2.05, 4.69) is 4.74 Å². The molecule has 0 bridgehead atoms. The lowest BCUT2D eigenvalue weighted by atomic mass is 10.0. The molecule has 0 fully saturated rings. The summed E-state index contributed by atoms with van der Waals surface area (Å²) < 4.78 is 4.32. The van der Waals surface area contributed by atoms with E-state index in [-0.39, 0.29) is 6.42 Å². The number of hydrogen-bond donors (Lipinski definition) is 2. The number of methoxy groups -OCH3 is 1. The number of aliphatic hydroxyl groups excluding tert-OH is 2. The van der Waals surface area contributed by atoms with Gasteiger partial charge in [0, 0.05) is 11.4 Å². The Bertz CT molecular complexity index is 367. The van der Waals surface area contributed by atoms with Crippen LogP contribution < -0.4 is 0 Å². The van der Waals surface area contributed by atoms with Crippen molar-refractivity contribution in [2.45, 2.75) is 18.6 Å². The number of benzene rings is 1. The molecule has 0 heterocycles. The summed E-state index contributed by atoms with van der Waals surface area (Å²) in [6.07, 6.45) is -2.69. The zero-order valence-electron chi connectivity index (χ0n) is 8.76. The fraction of sp³-hybridized carbons (Fsp3) is 0.364. The van der Waals surface area contributed by atoms with Gasteiger partial charge in [-0.1, -0.05) is 29.8 Å². The maximum atomic E-state index is 11.0. The van der Waals surface area contributed by atoms with Gasteiger partial charge in [-0.2, -0.15) is 0 Å². The van der Waals surface area contributed by atoms with Crippen LogP contribution in [-0.2, 0) is 16.0 Å². The molecule has 2 atom stereocenters. The molecular formula is C11H13ClO4. The van der Waals surface area contributed by atoms with Gasteiger partial charge in [-0.15, -0.1) is 0 Å². The van der Waals surface area contributed by atoms with Crippen molar-refractivity contribution in [3.05, 3.63) is 34.9 Å². The van der Waals surface area contributed by atoms with Crippen LogP contribution in [0.4, 0.5) is 0 Å². The molecule has 5 heteroatoms. The Hall–Kier alpha value is -1.10. The van der Waals surface area contributed by atoms with Gasteiger partial charge in [0.2, 0.25) is 0 Å². The normalized spacial score (nSPS) is 14.2. The summed E-state index contributed by atoms with van der Waals surface area (Å²) in [5.74, 6) is -0.862. The molecular weight excluding hydrogens is 232 g/mol. The largest absolute Gasteiger partial charge is 0.467 e. The second-order valence-electron chi connectivity index (χ2n) is 3.33. The number of rotatable bonds is 4. The average Bonchev–Trinajstić information content (AvgIpc) is 2.30. The molecule has 88 valence electrons. The number of esters is 1. The lowest BCUT2D eigenvalue weighted by Gasteiger charge is -2.16. The van der Waals surface area contributed by atoms with Crippen LogP contribution in [0.3, 0.4) is 0 Å². The maximum Gasteiger partial charge on any atom is 0.337 e. The van der Waals surface area contributed by atoms with E-state index in [1.54, 1.807) is 24.3 Å². The topological polar surface area (TPSA) is 66.8 Å². The Balaban J connectivity index is 2.68. The number of hydrogen-bond acceptors (Lipinski definition) is 4. The lowest BCUT2D eigenvalue weighted by Crippen LogP contribution is -2.36. The minimum atomic E-state index is -1.55. The highest BCUT2D eigenvalue weighted by molar-refractivity contribution is 6.31. The quantitative estimate of drug-likeness (QED) is 0.768. The summed E-state index contributed by atoms with van der Waals surface area (Å²) in [5, 5.41) is 19.4. The van der Waals surface area contributed by atoms with Gasteiger partial charge in [0.1, 0.15) is 0 Å². The van der Waals surface area contributed by atoms with Gasteiger partial charge in [-0.05, 0) is 11.6 Å². The van der Waals surface area contributed by atoms with E-state index in [4.69, 9.17) is 11.6 Å². The maximum absolute atomic E-state index is 11.0. The van der Waals surface area contributed by atoms with Gasteiger partial charge in [-0.25, -0.2) is 4.79 Å². The Morgan fingerprint density at radius 2 is 2.06 bits per heavy atom. The van der Waals surface area contributed by atoms with E-state index >= 15 is 0 Å².